The highest BCUT2D eigenvalue weighted by atomic mass is 127. The molecule has 0 aliphatic rings. The Balaban J connectivity index is 3.38. The van der Waals surface area contributed by atoms with Crippen molar-refractivity contribution in [2.24, 2.45) is 0 Å². The van der Waals surface area contributed by atoms with Crippen LogP contribution >= 0.6 is 22.6 Å². The molecule has 0 unspecified atom stereocenters. The molecule has 0 saturated heterocycles. The van der Waals surface area contributed by atoms with Crippen molar-refractivity contribution in [3.05, 3.63) is 25.7 Å². The maximum absolute atomic E-state index is 12.1. The first-order valence-corrected chi connectivity index (χ1v) is 4.00. The molecular formula is C6H4F2INO2. The van der Waals surface area contributed by atoms with Crippen LogP contribution in [-0.4, -0.2) is 10.1 Å². The molecule has 1 aromatic heterocycles. The fourth-order valence-electron chi connectivity index (χ4n) is 0.706. The summed E-state index contributed by atoms with van der Waals surface area (Å²) in [5, 5.41) is 8.87. The third kappa shape index (κ3) is 1.74. The van der Waals surface area contributed by atoms with Gasteiger partial charge in [0.05, 0.1) is 9.26 Å². The van der Waals surface area contributed by atoms with E-state index in [0.29, 0.717) is 0 Å². The molecule has 66 valence electrons. The molecule has 1 rings (SSSR count). The van der Waals surface area contributed by atoms with Crippen LogP contribution in [0.5, 0.6) is 5.75 Å². The zero-order valence-corrected chi connectivity index (χ0v) is 7.80. The number of halogens is 3. The number of aromatic amines is 1. The molecule has 1 aromatic rings. The lowest BCUT2D eigenvalue weighted by atomic mass is 10.2. The first kappa shape index (κ1) is 9.43. The molecule has 0 aromatic carbocycles. The highest BCUT2D eigenvalue weighted by molar-refractivity contribution is 14.1. The Morgan fingerprint density at radius 2 is 2.17 bits per heavy atom. The van der Waals surface area contributed by atoms with E-state index in [1.54, 1.807) is 22.6 Å². The molecule has 1 heterocycles. The minimum atomic E-state index is -2.83. The van der Waals surface area contributed by atoms with Gasteiger partial charge < -0.3 is 10.1 Å². The summed E-state index contributed by atoms with van der Waals surface area (Å²) in [6, 6.07) is 1.03. The van der Waals surface area contributed by atoms with Crippen LogP contribution in [0.4, 0.5) is 8.78 Å². The summed E-state index contributed by atoms with van der Waals surface area (Å²) >= 11 is 1.68. The monoisotopic (exact) mass is 287 g/mol. The van der Waals surface area contributed by atoms with Crippen LogP contribution < -0.4 is 5.56 Å². The summed E-state index contributed by atoms with van der Waals surface area (Å²) in [4.78, 5) is 12.9. The molecule has 6 heteroatoms. The van der Waals surface area contributed by atoms with Crippen LogP contribution in [-0.2, 0) is 0 Å². The van der Waals surface area contributed by atoms with E-state index in [2.05, 4.69) is 4.98 Å². The summed E-state index contributed by atoms with van der Waals surface area (Å²) in [6.45, 7) is 0. The summed E-state index contributed by atoms with van der Waals surface area (Å²) in [5.41, 5.74) is -1.53. The molecule has 0 amide bonds. The average molecular weight is 287 g/mol. The zero-order chi connectivity index (χ0) is 9.30. The van der Waals surface area contributed by atoms with E-state index in [9.17, 15) is 13.6 Å². The maximum Gasteiger partial charge on any atom is 0.291 e. The van der Waals surface area contributed by atoms with Crippen LogP contribution in [0.1, 0.15) is 12.0 Å². The van der Waals surface area contributed by atoms with Gasteiger partial charge in [0.1, 0.15) is 0 Å². The van der Waals surface area contributed by atoms with Crippen molar-refractivity contribution in [1.82, 2.24) is 4.98 Å². The third-order valence-electron chi connectivity index (χ3n) is 1.24. The molecule has 0 bridgehead atoms. The Hall–Kier alpha value is -0.660. The Bertz CT molecular complexity index is 350. The van der Waals surface area contributed by atoms with Gasteiger partial charge in [0.25, 0.3) is 12.0 Å². The molecule has 0 spiro atoms. The van der Waals surface area contributed by atoms with E-state index >= 15 is 0 Å². The lowest BCUT2D eigenvalue weighted by Crippen LogP contribution is -2.09. The number of H-pyrrole nitrogens is 1. The number of pyridine rings is 1. The smallest absolute Gasteiger partial charge is 0.291 e. The van der Waals surface area contributed by atoms with Crippen molar-refractivity contribution < 1.29 is 13.9 Å². The minimum Gasteiger partial charge on any atom is -0.503 e. The van der Waals surface area contributed by atoms with Gasteiger partial charge in [0.15, 0.2) is 5.75 Å². The number of hydrogen-bond donors (Lipinski definition) is 2. The van der Waals surface area contributed by atoms with Gasteiger partial charge in [-0.3, -0.25) is 4.79 Å². The van der Waals surface area contributed by atoms with Gasteiger partial charge in [-0.1, -0.05) is 0 Å². The SMILES string of the molecule is O=c1[nH]c(I)cc(C(F)F)c1O. The van der Waals surface area contributed by atoms with Gasteiger partial charge >= 0.3 is 0 Å². The van der Waals surface area contributed by atoms with E-state index in [-0.39, 0.29) is 3.70 Å². The first-order chi connectivity index (χ1) is 5.52. The molecule has 0 atom stereocenters. The van der Waals surface area contributed by atoms with Crippen LogP contribution in [0.2, 0.25) is 0 Å². The van der Waals surface area contributed by atoms with Crippen molar-refractivity contribution in [2.75, 3.05) is 0 Å². The summed E-state index contributed by atoms with van der Waals surface area (Å²) < 4.78 is 24.4. The number of alkyl halides is 2. The summed E-state index contributed by atoms with van der Waals surface area (Å²) in [5.74, 6) is -0.912. The van der Waals surface area contributed by atoms with E-state index in [1.807, 2.05) is 0 Å². The van der Waals surface area contributed by atoms with Crippen LogP contribution in [0.15, 0.2) is 10.9 Å². The first-order valence-electron chi connectivity index (χ1n) is 2.92. The molecule has 0 fully saturated rings. The highest BCUT2D eigenvalue weighted by Gasteiger charge is 2.15. The standard InChI is InChI=1S/C6H4F2INO2/c7-5(8)2-1-3(9)10-6(12)4(2)11/h1,5,11H,(H,10,12). The Labute approximate surface area is 79.6 Å². The molecule has 3 nitrogen and oxygen atoms in total. The normalized spacial score (nSPS) is 10.7. The van der Waals surface area contributed by atoms with Gasteiger partial charge in [-0.25, -0.2) is 8.78 Å². The van der Waals surface area contributed by atoms with E-state index < -0.39 is 23.3 Å². The van der Waals surface area contributed by atoms with E-state index in [0.717, 1.165) is 6.07 Å². The van der Waals surface area contributed by atoms with Crippen molar-refractivity contribution in [3.8, 4) is 5.75 Å². The second-order valence-corrected chi connectivity index (χ2v) is 3.21. The molecular weight excluding hydrogens is 283 g/mol. The maximum atomic E-state index is 12.1. The van der Waals surface area contributed by atoms with Crippen molar-refractivity contribution >= 4 is 22.6 Å². The van der Waals surface area contributed by atoms with Gasteiger partial charge in [0.2, 0.25) is 0 Å². The number of rotatable bonds is 1. The molecule has 0 aliphatic carbocycles. The van der Waals surface area contributed by atoms with Crippen molar-refractivity contribution in [1.29, 1.82) is 0 Å². The minimum absolute atomic E-state index is 0.269. The van der Waals surface area contributed by atoms with Crippen LogP contribution in [0.25, 0.3) is 0 Å². The summed E-state index contributed by atoms with van der Waals surface area (Å²) in [7, 11) is 0. The van der Waals surface area contributed by atoms with Crippen LogP contribution in [0.3, 0.4) is 0 Å². The second-order valence-electron chi connectivity index (χ2n) is 2.05. The van der Waals surface area contributed by atoms with Crippen LogP contribution in [0, 0.1) is 3.70 Å². The predicted molar refractivity (Wildman–Crippen MR) is 46.4 cm³/mol. The molecule has 2 N–H and O–H groups in total. The zero-order valence-electron chi connectivity index (χ0n) is 5.64. The van der Waals surface area contributed by atoms with Gasteiger partial charge in [0, 0.05) is 0 Å². The predicted octanol–water partition coefficient (Wildman–Crippen LogP) is 1.62. The number of aromatic hydroxyl groups is 1. The molecule has 12 heavy (non-hydrogen) atoms. The number of nitrogens with one attached hydrogen (secondary N) is 1. The molecule has 0 radical (unpaired) electrons. The molecule has 0 saturated carbocycles. The van der Waals surface area contributed by atoms with E-state index in [4.69, 9.17) is 5.11 Å². The Morgan fingerprint density at radius 1 is 1.58 bits per heavy atom. The Kier molecular flexibility index (Phi) is 2.65. The fraction of sp³-hybridized carbons (Fsp3) is 0.167. The topological polar surface area (TPSA) is 53.1 Å². The van der Waals surface area contributed by atoms with E-state index in [1.165, 1.54) is 0 Å². The van der Waals surface area contributed by atoms with Gasteiger partial charge in [-0.05, 0) is 28.7 Å². The quantitative estimate of drug-likeness (QED) is 0.609. The fourth-order valence-corrected chi connectivity index (χ4v) is 1.29. The lowest BCUT2D eigenvalue weighted by molar-refractivity contribution is 0.147. The highest BCUT2D eigenvalue weighted by Crippen LogP contribution is 2.25. The second kappa shape index (κ2) is 3.38. The number of aromatic nitrogens is 1. The third-order valence-corrected chi connectivity index (χ3v) is 1.82. The largest absolute Gasteiger partial charge is 0.503 e. The average Bonchev–Trinajstić information content (AvgIpc) is 1.96. The lowest BCUT2D eigenvalue weighted by Gasteiger charge is -2.01. The van der Waals surface area contributed by atoms with Gasteiger partial charge in [-0.2, -0.15) is 0 Å². The summed E-state index contributed by atoms with van der Waals surface area (Å²) in [6.07, 6.45) is -2.83. The van der Waals surface area contributed by atoms with Crippen molar-refractivity contribution in [3.63, 3.8) is 0 Å². The van der Waals surface area contributed by atoms with Crippen molar-refractivity contribution in [2.45, 2.75) is 6.43 Å². The Morgan fingerprint density at radius 3 is 2.67 bits per heavy atom. The van der Waals surface area contributed by atoms with Gasteiger partial charge in [-0.15, -0.1) is 0 Å². The number of hydrogen-bond acceptors (Lipinski definition) is 2. The molecule has 0 aliphatic heterocycles.